The Morgan fingerprint density at radius 3 is 1.22 bits per heavy atom. The number of hydrogen-bond donors (Lipinski definition) is 0. The van der Waals surface area contributed by atoms with Crippen LogP contribution in [0.15, 0.2) is 85.1 Å². The number of unbranched alkanes of at least 4 members (excludes halogenated alkanes) is 23. The van der Waals surface area contributed by atoms with Gasteiger partial charge in [0.2, 0.25) is 0 Å². The fraction of sp³-hybridized carbons (Fsp3) is 0.746. The van der Waals surface area contributed by atoms with Crippen molar-refractivity contribution in [3.63, 3.8) is 0 Å². The number of quaternary nitrogens is 1. The Morgan fingerprint density at radius 2 is 0.838 bits per heavy atom. The van der Waals surface area contributed by atoms with Crippen molar-refractivity contribution >= 4 is 13.8 Å². The van der Waals surface area contributed by atoms with Crippen LogP contribution in [0.1, 0.15) is 226 Å². The van der Waals surface area contributed by atoms with Gasteiger partial charge < -0.3 is 27.9 Å². The molecule has 0 aromatic rings. The van der Waals surface area contributed by atoms with Crippen LogP contribution in [-0.4, -0.2) is 70.7 Å². The first-order chi connectivity index (χ1) is 33.1. The van der Waals surface area contributed by atoms with Gasteiger partial charge in [-0.3, -0.25) is 9.36 Å². The summed E-state index contributed by atoms with van der Waals surface area (Å²) in [5, 5.41) is 0. The highest BCUT2D eigenvalue weighted by atomic mass is 31.2. The van der Waals surface area contributed by atoms with Gasteiger partial charge in [-0.25, -0.2) is 0 Å². The van der Waals surface area contributed by atoms with Crippen LogP contribution in [0.5, 0.6) is 0 Å². The lowest BCUT2D eigenvalue weighted by Gasteiger charge is -2.28. The van der Waals surface area contributed by atoms with Crippen LogP contribution in [-0.2, 0) is 27.9 Å². The van der Waals surface area contributed by atoms with Crippen LogP contribution >= 0.6 is 7.82 Å². The Hall–Kier alpha value is -2.32. The summed E-state index contributed by atoms with van der Waals surface area (Å²) in [6.07, 6.45) is 69.2. The van der Waals surface area contributed by atoms with Gasteiger partial charge in [0.15, 0.2) is 0 Å². The molecule has 0 amide bonds. The van der Waals surface area contributed by atoms with Crippen LogP contribution in [0.3, 0.4) is 0 Å². The SMILES string of the molecule is CC/C=C\C/C=C\C/C=C\C/C=C\C/C=C\C/C=C\C/C=C\CCCC(=O)OC(COCCCCCCCCCCCCCCCCCCCCCCCCC)COP(=O)([O-])OCC[N+](C)(C)C. The number of ether oxygens (including phenoxy) is 2. The van der Waals surface area contributed by atoms with E-state index in [-0.39, 0.29) is 32.2 Å². The zero-order chi connectivity index (χ0) is 49.8. The molecule has 0 fully saturated rings. The number of esters is 1. The maximum Gasteiger partial charge on any atom is 0.306 e. The Kier molecular flexibility index (Phi) is 49.3. The van der Waals surface area contributed by atoms with Crippen molar-refractivity contribution in [2.75, 3.05) is 54.1 Å². The third-order valence-electron chi connectivity index (χ3n) is 11.7. The summed E-state index contributed by atoms with van der Waals surface area (Å²) >= 11 is 0. The first-order valence-electron chi connectivity index (χ1n) is 27.8. The molecule has 0 N–H and O–H groups in total. The van der Waals surface area contributed by atoms with Crippen LogP contribution < -0.4 is 4.89 Å². The van der Waals surface area contributed by atoms with E-state index >= 15 is 0 Å². The van der Waals surface area contributed by atoms with Gasteiger partial charge in [0.05, 0.1) is 34.4 Å². The number of hydrogen-bond acceptors (Lipinski definition) is 7. The van der Waals surface area contributed by atoms with E-state index < -0.39 is 13.9 Å². The van der Waals surface area contributed by atoms with E-state index in [0.29, 0.717) is 24.1 Å². The molecule has 0 aromatic carbocycles. The van der Waals surface area contributed by atoms with E-state index in [1.54, 1.807) is 0 Å². The molecule has 8 nitrogen and oxygen atoms in total. The highest BCUT2D eigenvalue weighted by Gasteiger charge is 2.20. The number of carbonyl (C=O) groups is 1. The molecule has 0 aliphatic carbocycles. The monoisotopic (exact) mass is 972 g/mol. The summed E-state index contributed by atoms with van der Waals surface area (Å²) in [5.41, 5.74) is 0. The van der Waals surface area contributed by atoms with Gasteiger partial charge in [0, 0.05) is 13.0 Å². The molecule has 0 heterocycles. The molecule has 0 saturated carbocycles. The van der Waals surface area contributed by atoms with Gasteiger partial charge in [0.1, 0.15) is 19.3 Å². The van der Waals surface area contributed by atoms with Crippen LogP contribution in [0.25, 0.3) is 0 Å². The van der Waals surface area contributed by atoms with Gasteiger partial charge in [-0.05, 0) is 64.2 Å². The van der Waals surface area contributed by atoms with Crippen LogP contribution in [0, 0.1) is 0 Å². The molecule has 0 rings (SSSR count). The topological polar surface area (TPSA) is 94.1 Å². The van der Waals surface area contributed by atoms with Gasteiger partial charge in [-0.1, -0.05) is 240 Å². The third-order valence-corrected chi connectivity index (χ3v) is 12.7. The number of nitrogens with zero attached hydrogens (tertiary/aromatic N) is 1. The molecule has 2 atom stereocenters. The lowest BCUT2D eigenvalue weighted by molar-refractivity contribution is -0.870. The van der Waals surface area contributed by atoms with Crippen LogP contribution in [0.4, 0.5) is 0 Å². The lowest BCUT2D eigenvalue weighted by atomic mass is 10.0. The summed E-state index contributed by atoms with van der Waals surface area (Å²) < 4.78 is 34.7. The Balaban J connectivity index is 4.20. The average Bonchev–Trinajstić information content (AvgIpc) is 3.30. The molecule has 9 heteroatoms. The van der Waals surface area contributed by atoms with E-state index in [2.05, 4.69) is 98.9 Å². The van der Waals surface area contributed by atoms with Gasteiger partial charge in [-0.15, -0.1) is 0 Å². The second-order valence-electron chi connectivity index (χ2n) is 19.6. The minimum Gasteiger partial charge on any atom is -0.756 e. The van der Waals surface area contributed by atoms with E-state index in [1.165, 1.54) is 135 Å². The maximum absolute atomic E-state index is 12.8. The second kappa shape index (κ2) is 51.0. The van der Waals surface area contributed by atoms with E-state index in [1.807, 2.05) is 21.1 Å². The molecule has 0 saturated heterocycles. The number of carbonyl (C=O) groups excluding carboxylic acids is 1. The third kappa shape index (κ3) is 54.6. The number of likely N-dealkylation sites (N-methyl/N-ethyl adjacent to an activating group) is 1. The highest BCUT2D eigenvalue weighted by Crippen LogP contribution is 2.38. The molecule has 0 radical (unpaired) electrons. The zero-order valence-electron chi connectivity index (χ0n) is 44.8. The smallest absolute Gasteiger partial charge is 0.306 e. The van der Waals surface area contributed by atoms with Crippen molar-refractivity contribution in [1.29, 1.82) is 0 Å². The van der Waals surface area contributed by atoms with Crippen molar-refractivity contribution < 1.29 is 37.3 Å². The Bertz CT molecular complexity index is 1360. The van der Waals surface area contributed by atoms with Crippen molar-refractivity contribution in [1.82, 2.24) is 0 Å². The first-order valence-corrected chi connectivity index (χ1v) is 29.3. The van der Waals surface area contributed by atoms with E-state index in [0.717, 1.165) is 64.2 Å². The summed E-state index contributed by atoms with van der Waals surface area (Å²) in [5.74, 6) is -0.390. The van der Waals surface area contributed by atoms with Crippen LogP contribution in [0.2, 0.25) is 0 Å². The Labute approximate surface area is 420 Å². The van der Waals surface area contributed by atoms with Gasteiger partial charge >= 0.3 is 5.97 Å². The molecule has 0 aliphatic heterocycles. The van der Waals surface area contributed by atoms with Crippen molar-refractivity contribution in [3.05, 3.63) is 85.1 Å². The standard InChI is InChI=1S/C59H106NO7P/c1-6-8-10-12-14-16-18-20-22-24-26-28-30-32-34-36-38-40-42-44-46-48-50-52-59(61)67-58(57-66-68(62,63)65-55-53-60(3,4)5)56-64-54-51-49-47-45-43-41-39-37-35-33-31-29-27-25-23-21-19-17-15-13-11-9-7-2/h8,10,14,16,20,22,26,28,32,34,38,40,44,46,58H,6-7,9,11-13,15,17-19,21,23-25,27,29-31,33,35-37,39,41-43,45,47-57H2,1-5H3/b10-8-,16-14-,22-20-,28-26-,34-32-,40-38-,46-44-. The van der Waals surface area contributed by atoms with Crippen molar-refractivity contribution in [3.8, 4) is 0 Å². The zero-order valence-corrected chi connectivity index (χ0v) is 45.7. The van der Waals surface area contributed by atoms with Gasteiger partial charge in [0.25, 0.3) is 7.82 Å². The second-order valence-corrected chi connectivity index (χ2v) is 21.0. The number of phosphoric ester groups is 1. The largest absolute Gasteiger partial charge is 0.756 e. The summed E-state index contributed by atoms with van der Waals surface area (Å²) in [6.45, 7) is 5.24. The normalized spacial score (nSPS) is 14.1. The fourth-order valence-corrected chi connectivity index (χ4v) is 8.21. The minimum atomic E-state index is -4.55. The molecule has 394 valence electrons. The van der Waals surface area contributed by atoms with E-state index in [4.69, 9.17) is 18.5 Å². The predicted molar refractivity (Wildman–Crippen MR) is 291 cm³/mol. The van der Waals surface area contributed by atoms with Crippen molar-refractivity contribution in [2.45, 2.75) is 232 Å². The van der Waals surface area contributed by atoms with Crippen molar-refractivity contribution in [2.24, 2.45) is 0 Å². The maximum atomic E-state index is 12.8. The highest BCUT2D eigenvalue weighted by molar-refractivity contribution is 7.45. The molecular formula is C59H106NO7P. The summed E-state index contributed by atoms with van der Waals surface area (Å²) in [6, 6.07) is 0. The quantitative estimate of drug-likeness (QED) is 0.0197. The number of allylic oxidation sites excluding steroid dienone is 14. The molecule has 0 aliphatic rings. The minimum absolute atomic E-state index is 0.0123. The molecule has 68 heavy (non-hydrogen) atoms. The number of phosphoric acid groups is 1. The average molecular weight is 972 g/mol. The molecule has 0 spiro atoms. The first kappa shape index (κ1) is 65.7. The summed E-state index contributed by atoms with van der Waals surface area (Å²) in [4.78, 5) is 25.2. The summed E-state index contributed by atoms with van der Waals surface area (Å²) in [7, 11) is 1.32. The van der Waals surface area contributed by atoms with Gasteiger partial charge in [-0.2, -0.15) is 0 Å². The molecule has 0 bridgehead atoms. The van der Waals surface area contributed by atoms with E-state index in [9.17, 15) is 14.3 Å². The molecular weight excluding hydrogens is 866 g/mol. The lowest BCUT2D eigenvalue weighted by Crippen LogP contribution is -2.37. The Morgan fingerprint density at radius 1 is 0.471 bits per heavy atom. The predicted octanol–water partition coefficient (Wildman–Crippen LogP) is 16.9. The molecule has 2 unspecified atom stereocenters. The number of rotatable bonds is 51. The molecule has 0 aromatic heterocycles. The fourth-order valence-electron chi connectivity index (χ4n) is 7.48.